The van der Waals surface area contributed by atoms with Gasteiger partial charge in [-0.3, -0.25) is 14.5 Å². The number of esters is 1. The van der Waals surface area contributed by atoms with Crippen molar-refractivity contribution in [2.75, 3.05) is 39.8 Å². The van der Waals surface area contributed by atoms with Crippen molar-refractivity contribution in [2.24, 2.45) is 5.41 Å². The number of carbonyl (C=O) groups excluding carboxylic acids is 2. The molecule has 3 fully saturated rings. The lowest BCUT2D eigenvalue weighted by Crippen LogP contribution is -2.45. The minimum absolute atomic E-state index is 0.0182. The Hall–Kier alpha value is -2.08. The molecule has 28 heavy (non-hydrogen) atoms. The van der Waals surface area contributed by atoms with Gasteiger partial charge in [0.05, 0.1) is 18.9 Å². The van der Waals surface area contributed by atoms with Crippen LogP contribution in [0.3, 0.4) is 0 Å². The summed E-state index contributed by atoms with van der Waals surface area (Å²) in [5.74, 6) is 0.834. The lowest BCUT2D eigenvalue weighted by atomic mass is 9.76. The van der Waals surface area contributed by atoms with E-state index < -0.39 is 0 Å². The van der Waals surface area contributed by atoms with Gasteiger partial charge in [-0.2, -0.15) is 0 Å². The third kappa shape index (κ3) is 4.02. The number of nitrogens with zero attached hydrogens (tertiary/aromatic N) is 2. The van der Waals surface area contributed by atoms with Crippen molar-refractivity contribution >= 4 is 11.9 Å². The van der Waals surface area contributed by atoms with E-state index in [9.17, 15) is 9.59 Å². The van der Waals surface area contributed by atoms with Gasteiger partial charge in [-0.05, 0) is 56.5 Å². The molecular weight excluding hydrogens is 356 g/mol. The largest absolute Gasteiger partial charge is 0.497 e. The van der Waals surface area contributed by atoms with Gasteiger partial charge in [0, 0.05) is 26.1 Å². The zero-order valence-electron chi connectivity index (χ0n) is 16.7. The molecule has 152 valence electrons. The number of ether oxygens (including phenoxy) is 2. The Morgan fingerprint density at radius 3 is 2.68 bits per heavy atom. The minimum Gasteiger partial charge on any atom is -0.497 e. The van der Waals surface area contributed by atoms with E-state index in [4.69, 9.17) is 9.47 Å². The molecule has 0 bridgehead atoms. The van der Waals surface area contributed by atoms with Gasteiger partial charge in [0.15, 0.2) is 0 Å². The van der Waals surface area contributed by atoms with E-state index >= 15 is 0 Å². The Bertz CT molecular complexity index is 721. The first-order valence-corrected chi connectivity index (χ1v) is 10.4. The van der Waals surface area contributed by atoms with Crippen LogP contribution >= 0.6 is 0 Å². The molecule has 0 N–H and O–H groups in total. The molecule has 4 rings (SSSR count). The Kier molecular flexibility index (Phi) is 5.58. The number of rotatable bonds is 5. The maximum atomic E-state index is 12.7. The van der Waals surface area contributed by atoms with Crippen LogP contribution < -0.4 is 4.74 Å². The number of likely N-dealkylation sites (tertiary alicyclic amines) is 2. The van der Waals surface area contributed by atoms with Gasteiger partial charge >= 0.3 is 5.97 Å². The number of cyclic esters (lactones) is 1. The Morgan fingerprint density at radius 1 is 1.21 bits per heavy atom. The summed E-state index contributed by atoms with van der Waals surface area (Å²) in [6.45, 7) is 4.37. The van der Waals surface area contributed by atoms with Crippen LogP contribution in [-0.2, 0) is 20.7 Å². The second-order valence-corrected chi connectivity index (χ2v) is 8.43. The van der Waals surface area contributed by atoms with Gasteiger partial charge in [-0.15, -0.1) is 0 Å². The predicted octanol–water partition coefficient (Wildman–Crippen LogP) is 2.26. The molecular formula is C22H30N2O4. The molecule has 1 atom stereocenters. The predicted molar refractivity (Wildman–Crippen MR) is 105 cm³/mol. The molecule has 3 aliphatic heterocycles. The quantitative estimate of drug-likeness (QED) is 0.727. The summed E-state index contributed by atoms with van der Waals surface area (Å²) in [7, 11) is 1.63. The second kappa shape index (κ2) is 8.11. The fraction of sp³-hybridized carbons (Fsp3) is 0.636. The van der Waals surface area contributed by atoms with E-state index in [1.165, 1.54) is 12.8 Å². The highest BCUT2D eigenvalue weighted by molar-refractivity contribution is 5.81. The van der Waals surface area contributed by atoms with Crippen LogP contribution in [0.25, 0.3) is 0 Å². The third-order valence-electron chi connectivity index (χ3n) is 6.55. The number of amides is 1. The summed E-state index contributed by atoms with van der Waals surface area (Å²) < 4.78 is 11.0. The molecule has 6 nitrogen and oxygen atoms in total. The summed E-state index contributed by atoms with van der Waals surface area (Å²) in [4.78, 5) is 29.6. The van der Waals surface area contributed by atoms with Gasteiger partial charge in [0.1, 0.15) is 11.9 Å². The first-order chi connectivity index (χ1) is 13.6. The normalized spacial score (nSPS) is 24.5. The highest BCUT2D eigenvalue weighted by Gasteiger charge is 2.51. The molecule has 1 aromatic carbocycles. The number of hydrogen-bond acceptors (Lipinski definition) is 5. The SMILES string of the molecule is COc1cccc(CC(=O)N2CCC3(CC2)CC(CN2CCCC2)OC3=O)c1. The van der Waals surface area contributed by atoms with Crippen LogP contribution in [-0.4, -0.2) is 67.6 Å². The standard InChI is InChI=1S/C22H30N2O4/c1-27-18-6-4-5-17(13-18)14-20(25)24-11-7-22(8-12-24)15-19(28-21(22)26)16-23-9-2-3-10-23/h4-6,13,19H,2-3,7-12,14-16H2,1H3. The first-order valence-electron chi connectivity index (χ1n) is 10.4. The fourth-order valence-corrected chi connectivity index (χ4v) is 4.85. The summed E-state index contributed by atoms with van der Waals surface area (Å²) in [5, 5.41) is 0. The smallest absolute Gasteiger partial charge is 0.312 e. The molecule has 3 aliphatic rings. The summed E-state index contributed by atoms with van der Waals surface area (Å²) in [6, 6.07) is 7.63. The van der Waals surface area contributed by atoms with Crippen LogP contribution in [0.5, 0.6) is 5.75 Å². The highest BCUT2D eigenvalue weighted by atomic mass is 16.6. The van der Waals surface area contributed by atoms with Crippen LogP contribution in [0, 0.1) is 5.41 Å². The fourth-order valence-electron chi connectivity index (χ4n) is 4.85. The highest BCUT2D eigenvalue weighted by Crippen LogP contribution is 2.43. The van der Waals surface area contributed by atoms with E-state index in [0.29, 0.717) is 32.4 Å². The lowest BCUT2D eigenvalue weighted by molar-refractivity contribution is -0.152. The van der Waals surface area contributed by atoms with Gasteiger partial charge < -0.3 is 14.4 Å². The lowest BCUT2D eigenvalue weighted by Gasteiger charge is -2.36. The third-order valence-corrected chi connectivity index (χ3v) is 6.55. The Morgan fingerprint density at radius 2 is 1.96 bits per heavy atom. The van der Waals surface area contributed by atoms with Crippen molar-refractivity contribution in [1.29, 1.82) is 0 Å². The molecule has 1 amide bonds. The molecule has 3 heterocycles. The molecule has 0 saturated carbocycles. The van der Waals surface area contributed by atoms with Crippen LogP contribution in [0.1, 0.15) is 37.7 Å². The van der Waals surface area contributed by atoms with Gasteiger partial charge in [0.2, 0.25) is 5.91 Å². The molecule has 0 aliphatic carbocycles. The van der Waals surface area contributed by atoms with E-state index in [2.05, 4.69) is 4.90 Å². The Labute approximate surface area is 166 Å². The van der Waals surface area contributed by atoms with E-state index in [1.54, 1.807) is 7.11 Å². The van der Waals surface area contributed by atoms with Crippen LogP contribution in [0.2, 0.25) is 0 Å². The zero-order chi connectivity index (χ0) is 19.6. The number of carbonyl (C=O) groups is 2. The monoisotopic (exact) mass is 386 g/mol. The van der Waals surface area contributed by atoms with Gasteiger partial charge in [0.25, 0.3) is 0 Å². The average Bonchev–Trinajstić information content (AvgIpc) is 3.31. The summed E-state index contributed by atoms with van der Waals surface area (Å²) in [5.41, 5.74) is 0.576. The molecule has 3 saturated heterocycles. The summed E-state index contributed by atoms with van der Waals surface area (Å²) in [6.07, 6.45) is 5.11. The maximum Gasteiger partial charge on any atom is 0.312 e. The van der Waals surface area contributed by atoms with E-state index in [-0.39, 0.29) is 23.4 Å². The molecule has 0 aromatic heterocycles. The minimum atomic E-state index is -0.378. The molecule has 0 radical (unpaired) electrons. The number of methoxy groups -OCH3 is 1. The maximum absolute atomic E-state index is 12.7. The topological polar surface area (TPSA) is 59.1 Å². The van der Waals surface area contributed by atoms with E-state index in [0.717, 1.165) is 37.4 Å². The van der Waals surface area contributed by atoms with Gasteiger partial charge in [-0.1, -0.05) is 12.1 Å². The molecule has 1 aromatic rings. The number of benzene rings is 1. The van der Waals surface area contributed by atoms with Crippen LogP contribution in [0.15, 0.2) is 24.3 Å². The van der Waals surface area contributed by atoms with Crippen molar-refractivity contribution in [1.82, 2.24) is 9.80 Å². The second-order valence-electron chi connectivity index (χ2n) is 8.43. The number of piperidine rings is 1. The van der Waals surface area contributed by atoms with Gasteiger partial charge in [-0.25, -0.2) is 0 Å². The zero-order valence-corrected chi connectivity index (χ0v) is 16.7. The van der Waals surface area contributed by atoms with E-state index in [1.807, 2.05) is 29.2 Å². The molecule has 6 heteroatoms. The van der Waals surface area contributed by atoms with Crippen molar-refractivity contribution in [3.63, 3.8) is 0 Å². The summed E-state index contributed by atoms with van der Waals surface area (Å²) >= 11 is 0. The number of hydrogen-bond donors (Lipinski definition) is 0. The first kappa shape index (κ1) is 19.2. The van der Waals surface area contributed by atoms with Crippen molar-refractivity contribution in [3.05, 3.63) is 29.8 Å². The molecule has 1 unspecified atom stereocenters. The molecule has 1 spiro atoms. The van der Waals surface area contributed by atoms with Crippen molar-refractivity contribution in [3.8, 4) is 5.75 Å². The van der Waals surface area contributed by atoms with Crippen molar-refractivity contribution < 1.29 is 19.1 Å². The Balaban J connectivity index is 1.31. The van der Waals surface area contributed by atoms with Crippen molar-refractivity contribution in [2.45, 2.75) is 44.6 Å². The van der Waals surface area contributed by atoms with Crippen LogP contribution in [0.4, 0.5) is 0 Å². The average molecular weight is 386 g/mol.